The van der Waals surface area contributed by atoms with Gasteiger partial charge in [-0.3, -0.25) is 14.9 Å². The lowest BCUT2D eigenvalue weighted by atomic mass is 9.72. The molecule has 1 atom stereocenters. The summed E-state index contributed by atoms with van der Waals surface area (Å²) in [5.41, 5.74) is 1.51. The molecule has 0 unspecified atom stereocenters. The van der Waals surface area contributed by atoms with E-state index in [2.05, 4.69) is 5.32 Å². The van der Waals surface area contributed by atoms with E-state index in [0.717, 1.165) is 0 Å². The number of nitro groups is 1. The number of rotatable bonds is 2. The molecular formula is C17H19N3O4. The maximum Gasteiger partial charge on any atom is 0.322 e. The highest BCUT2D eigenvalue weighted by atomic mass is 16.6. The average molecular weight is 329 g/mol. The van der Waals surface area contributed by atoms with Gasteiger partial charge in [-0.1, -0.05) is 26.0 Å². The van der Waals surface area contributed by atoms with Crippen molar-refractivity contribution in [1.29, 1.82) is 0 Å². The maximum absolute atomic E-state index is 12.7. The highest BCUT2D eigenvalue weighted by Crippen LogP contribution is 2.43. The van der Waals surface area contributed by atoms with E-state index in [4.69, 9.17) is 0 Å². The van der Waals surface area contributed by atoms with Gasteiger partial charge in [0, 0.05) is 36.9 Å². The summed E-state index contributed by atoms with van der Waals surface area (Å²) in [4.78, 5) is 37.0. The second-order valence-corrected chi connectivity index (χ2v) is 7.09. The lowest BCUT2D eigenvalue weighted by molar-refractivity contribution is -0.384. The molecule has 2 amide bonds. The first-order valence-electron chi connectivity index (χ1n) is 7.74. The standard InChI is InChI=1S/C17H19N3O4/c1-17(2)8-12-14(13(21)9-17)15(18-16(22)19(12)3)10-5-4-6-11(7-10)20(23)24/h4-7,15H,8-9H2,1-3H3,(H,18,22)/t15-/m1/s1. The summed E-state index contributed by atoms with van der Waals surface area (Å²) in [6.45, 7) is 3.99. The molecular weight excluding hydrogens is 310 g/mol. The number of benzene rings is 1. The highest BCUT2D eigenvalue weighted by molar-refractivity contribution is 6.01. The zero-order valence-corrected chi connectivity index (χ0v) is 13.8. The number of allylic oxidation sites excluding steroid dienone is 1. The van der Waals surface area contributed by atoms with Gasteiger partial charge in [-0.25, -0.2) is 4.79 Å². The number of carbonyl (C=O) groups excluding carboxylic acids is 2. The second kappa shape index (κ2) is 5.43. The van der Waals surface area contributed by atoms with Crippen LogP contribution in [-0.4, -0.2) is 28.7 Å². The lowest BCUT2D eigenvalue weighted by Gasteiger charge is -2.42. The molecule has 1 aliphatic heterocycles. The minimum Gasteiger partial charge on any atom is -0.327 e. The third-order valence-corrected chi connectivity index (χ3v) is 4.58. The summed E-state index contributed by atoms with van der Waals surface area (Å²) in [5.74, 6) is -0.0235. The molecule has 1 heterocycles. The fourth-order valence-corrected chi connectivity index (χ4v) is 3.41. The Morgan fingerprint density at radius 1 is 1.29 bits per heavy atom. The number of hydrogen-bond donors (Lipinski definition) is 1. The molecule has 1 aromatic carbocycles. The molecule has 0 saturated heterocycles. The van der Waals surface area contributed by atoms with Gasteiger partial charge in [0.2, 0.25) is 0 Å². The van der Waals surface area contributed by atoms with E-state index in [0.29, 0.717) is 29.7 Å². The Balaban J connectivity index is 2.13. The molecule has 0 aromatic heterocycles. The van der Waals surface area contributed by atoms with Gasteiger partial charge in [-0.15, -0.1) is 0 Å². The van der Waals surface area contributed by atoms with Crippen molar-refractivity contribution in [3.63, 3.8) is 0 Å². The Labute approximate surface area is 139 Å². The molecule has 24 heavy (non-hydrogen) atoms. The molecule has 0 fully saturated rings. The van der Waals surface area contributed by atoms with Crippen LogP contribution in [0.25, 0.3) is 0 Å². The van der Waals surface area contributed by atoms with E-state index in [1.807, 2.05) is 13.8 Å². The number of nitrogens with one attached hydrogen (secondary N) is 1. The predicted octanol–water partition coefficient (Wildman–Crippen LogP) is 2.93. The molecule has 0 radical (unpaired) electrons. The zero-order chi connectivity index (χ0) is 17.6. The molecule has 0 spiro atoms. The number of non-ortho nitro benzene ring substituents is 1. The van der Waals surface area contributed by atoms with Crippen LogP contribution < -0.4 is 5.32 Å². The monoisotopic (exact) mass is 329 g/mol. The van der Waals surface area contributed by atoms with Gasteiger partial charge >= 0.3 is 6.03 Å². The first kappa shape index (κ1) is 16.2. The molecule has 1 aliphatic carbocycles. The molecule has 1 N–H and O–H groups in total. The van der Waals surface area contributed by atoms with Crippen molar-refractivity contribution in [2.24, 2.45) is 5.41 Å². The average Bonchev–Trinajstić information content (AvgIpc) is 2.50. The Morgan fingerprint density at radius 3 is 2.67 bits per heavy atom. The molecule has 126 valence electrons. The second-order valence-electron chi connectivity index (χ2n) is 7.09. The Kier molecular flexibility index (Phi) is 3.66. The first-order valence-corrected chi connectivity index (χ1v) is 7.74. The van der Waals surface area contributed by atoms with Crippen LogP contribution in [0, 0.1) is 15.5 Å². The van der Waals surface area contributed by atoms with Crippen LogP contribution in [0.3, 0.4) is 0 Å². The largest absolute Gasteiger partial charge is 0.327 e. The zero-order valence-electron chi connectivity index (χ0n) is 13.8. The summed E-state index contributed by atoms with van der Waals surface area (Å²) < 4.78 is 0. The van der Waals surface area contributed by atoms with Crippen LogP contribution in [-0.2, 0) is 4.79 Å². The smallest absolute Gasteiger partial charge is 0.322 e. The molecule has 0 saturated carbocycles. The number of Topliss-reactive ketones (excluding diaryl/α,β-unsaturated/α-hetero) is 1. The molecule has 3 rings (SSSR count). The number of urea groups is 1. The first-order chi connectivity index (χ1) is 11.2. The normalized spacial score (nSPS) is 23.0. The quantitative estimate of drug-likeness (QED) is 0.667. The van der Waals surface area contributed by atoms with E-state index in [1.165, 1.54) is 17.0 Å². The summed E-state index contributed by atoms with van der Waals surface area (Å²) in [6, 6.07) is 5.11. The third-order valence-electron chi connectivity index (χ3n) is 4.58. The van der Waals surface area contributed by atoms with Gasteiger partial charge in [0.05, 0.1) is 11.0 Å². The number of nitro benzene ring substituents is 1. The molecule has 1 aromatic rings. The van der Waals surface area contributed by atoms with Gasteiger partial charge < -0.3 is 10.2 Å². The van der Waals surface area contributed by atoms with Gasteiger partial charge in [0.15, 0.2) is 5.78 Å². The minimum atomic E-state index is -0.646. The number of hydrogen-bond acceptors (Lipinski definition) is 4. The number of nitrogens with zero attached hydrogens (tertiary/aromatic N) is 2. The fraction of sp³-hybridized carbons (Fsp3) is 0.412. The topological polar surface area (TPSA) is 92.6 Å². The van der Waals surface area contributed by atoms with Crippen LogP contribution >= 0.6 is 0 Å². The Hall–Kier alpha value is -2.70. The van der Waals surface area contributed by atoms with Gasteiger partial charge in [0.1, 0.15) is 0 Å². The summed E-state index contributed by atoms with van der Waals surface area (Å²) in [5, 5.41) is 13.8. The van der Waals surface area contributed by atoms with Crippen molar-refractivity contribution < 1.29 is 14.5 Å². The van der Waals surface area contributed by atoms with E-state index < -0.39 is 11.0 Å². The Bertz CT molecular complexity index is 782. The van der Waals surface area contributed by atoms with Gasteiger partial charge in [-0.05, 0) is 17.4 Å². The van der Waals surface area contributed by atoms with Crippen LogP contribution in [0.4, 0.5) is 10.5 Å². The summed E-state index contributed by atoms with van der Waals surface area (Å²) >= 11 is 0. The molecule has 7 nitrogen and oxygen atoms in total. The number of ketones is 1. The third kappa shape index (κ3) is 2.66. The van der Waals surface area contributed by atoms with Crippen molar-refractivity contribution in [3.05, 3.63) is 51.2 Å². The summed E-state index contributed by atoms with van der Waals surface area (Å²) in [6.07, 6.45) is 1.00. The molecule has 7 heteroatoms. The van der Waals surface area contributed by atoms with Crippen LogP contribution in [0.15, 0.2) is 35.5 Å². The molecule has 0 bridgehead atoms. The maximum atomic E-state index is 12.7. The van der Waals surface area contributed by atoms with Crippen molar-refractivity contribution in [2.75, 3.05) is 7.05 Å². The fourth-order valence-electron chi connectivity index (χ4n) is 3.41. The van der Waals surface area contributed by atoms with Crippen LogP contribution in [0.2, 0.25) is 0 Å². The Morgan fingerprint density at radius 2 is 2.00 bits per heavy atom. The van der Waals surface area contributed by atoms with Gasteiger partial charge in [-0.2, -0.15) is 0 Å². The van der Waals surface area contributed by atoms with E-state index in [9.17, 15) is 19.7 Å². The molecule has 2 aliphatic rings. The highest BCUT2D eigenvalue weighted by Gasteiger charge is 2.42. The SMILES string of the molecule is CN1C(=O)N[C@H](c2cccc([N+](=O)[O-])c2)C2=C1CC(C)(C)CC2=O. The van der Waals surface area contributed by atoms with Crippen molar-refractivity contribution >= 4 is 17.5 Å². The minimum absolute atomic E-state index is 0.0235. The van der Waals surface area contributed by atoms with Crippen molar-refractivity contribution in [1.82, 2.24) is 10.2 Å². The summed E-state index contributed by atoms with van der Waals surface area (Å²) in [7, 11) is 1.64. The lowest BCUT2D eigenvalue weighted by Crippen LogP contribution is -2.49. The van der Waals surface area contributed by atoms with Gasteiger partial charge in [0.25, 0.3) is 5.69 Å². The van der Waals surface area contributed by atoms with E-state index in [1.54, 1.807) is 19.2 Å². The van der Waals surface area contributed by atoms with Crippen molar-refractivity contribution in [2.45, 2.75) is 32.7 Å². The van der Waals surface area contributed by atoms with Crippen LogP contribution in [0.5, 0.6) is 0 Å². The predicted molar refractivity (Wildman–Crippen MR) is 87.2 cm³/mol. The van der Waals surface area contributed by atoms with E-state index in [-0.39, 0.29) is 22.9 Å². The van der Waals surface area contributed by atoms with E-state index >= 15 is 0 Å². The number of amides is 2. The van der Waals surface area contributed by atoms with Crippen LogP contribution in [0.1, 0.15) is 38.3 Å². The van der Waals surface area contributed by atoms with Crippen molar-refractivity contribution in [3.8, 4) is 0 Å². The number of carbonyl (C=O) groups is 2.